The third-order valence-electron chi connectivity index (χ3n) is 1.71. The van der Waals surface area contributed by atoms with Gasteiger partial charge in [-0.3, -0.25) is 0 Å². The second-order valence-corrected chi connectivity index (χ2v) is 5.78. The highest BCUT2D eigenvalue weighted by molar-refractivity contribution is 8.23. The first-order chi connectivity index (χ1) is 6.33. The van der Waals surface area contributed by atoms with Crippen LogP contribution in [0.25, 0.3) is 0 Å². The summed E-state index contributed by atoms with van der Waals surface area (Å²) in [6, 6.07) is 0. The first-order valence-corrected chi connectivity index (χ1v) is 7.18. The van der Waals surface area contributed by atoms with Crippen LogP contribution in [0.4, 0.5) is 0 Å². The van der Waals surface area contributed by atoms with Crippen molar-refractivity contribution in [3.05, 3.63) is 0 Å². The van der Waals surface area contributed by atoms with Crippen LogP contribution in [-0.2, 0) is 0 Å². The van der Waals surface area contributed by atoms with Crippen molar-refractivity contribution in [1.29, 1.82) is 0 Å². The minimum Gasteiger partial charge on any atom is -0.238 e. The van der Waals surface area contributed by atoms with Gasteiger partial charge in [-0.25, -0.2) is 4.99 Å². The SMILES string of the molecule is CCCSCCCC1=NC(=S)SC1. The molecule has 1 aliphatic heterocycles. The van der Waals surface area contributed by atoms with Gasteiger partial charge in [-0.2, -0.15) is 11.8 Å². The Hall–Kier alpha value is 0.460. The monoisotopic (exact) mass is 233 g/mol. The van der Waals surface area contributed by atoms with Crippen molar-refractivity contribution in [3.63, 3.8) is 0 Å². The highest BCUT2D eigenvalue weighted by atomic mass is 32.2. The molecule has 1 heterocycles. The molecule has 4 heteroatoms. The molecule has 0 N–H and O–H groups in total. The number of hydrogen-bond donors (Lipinski definition) is 0. The number of thiocarbonyl (C=S) groups is 1. The Bertz CT molecular complexity index is 201. The number of hydrogen-bond acceptors (Lipinski definition) is 3. The first-order valence-electron chi connectivity index (χ1n) is 4.64. The van der Waals surface area contributed by atoms with Crippen LogP contribution in [0.2, 0.25) is 0 Å². The summed E-state index contributed by atoms with van der Waals surface area (Å²) >= 11 is 8.72. The predicted molar refractivity (Wildman–Crippen MR) is 69.3 cm³/mol. The molecule has 0 aromatic carbocycles. The molecule has 0 fully saturated rings. The van der Waals surface area contributed by atoms with E-state index >= 15 is 0 Å². The number of thioether (sulfide) groups is 2. The van der Waals surface area contributed by atoms with E-state index in [2.05, 4.69) is 11.9 Å². The van der Waals surface area contributed by atoms with E-state index in [1.165, 1.54) is 30.1 Å². The zero-order valence-electron chi connectivity index (χ0n) is 7.91. The number of rotatable bonds is 6. The Morgan fingerprint density at radius 3 is 3.00 bits per heavy atom. The fourth-order valence-corrected chi connectivity index (χ4v) is 2.93. The Kier molecular flexibility index (Phi) is 6.07. The number of aliphatic imine (C=N–C) groups is 1. The largest absolute Gasteiger partial charge is 0.238 e. The van der Waals surface area contributed by atoms with Gasteiger partial charge in [0.05, 0.1) is 0 Å². The summed E-state index contributed by atoms with van der Waals surface area (Å²) in [7, 11) is 0. The van der Waals surface area contributed by atoms with Gasteiger partial charge < -0.3 is 0 Å². The van der Waals surface area contributed by atoms with Crippen LogP contribution >= 0.6 is 35.7 Å². The summed E-state index contributed by atoms with van der Waals surface area (Å²) in [6.45, 7) is 2.23. The Morgan fingerprint density at radius 2 is 2.38 bits per heavy atom. The van der Waals surface area contributed by atoms with Gasteiger partial charge in [0, 0.05) is 11.5 Å². The van der Waals surface area contributed by atoms with Gasteiger partial charge in [-0.05, 0) is 30.8 Å². The van der Waals surface area contributed by atoms with Gasteiger partial charge >= 0.3 is 0 Å². The second kappa shape index (κ2) is 6.85. The Balaban J connectivity index is 2.00. The Labute approximate surface area is 94.2 Å². The zero-order valence-corrected chi connectivity index (χ0v) is 10.4. The summed E-state index contributed by atoms with van der Waals surface area (Å²) in [4.78, 5) is 4.31. The summed E-state index contributed by atoms with van der Waals surface area (Å²) in [5, 5.41) is 0. The summed E-state index contributed by atoms with van der Waals surface area (Å²) < 4.78 is 0.830. The molecule has 0 aromatic rings. The van der Waals surface area contributed by atoms with Crippen molar-refractivity contribution < 1.29 is 0 Å². The molecule has 0 amide bonds. The lowest BCUT2D eigenvalue weighted by Gasteiger charge is -1.99. The molecule has 1 aliphatic rings. The van der Waals surface area contributed by atoms with Crippen LogP contribution < -0.4 is 0 Å². The summed E-state index contributed by atoms with van der Waals surface area (Å²) in [6.07, 6.45) is 3.68. The molecular weight excluding hydrogens is 218 g/mol. The molecule has 1 rings (SSSR count). The van der Waals surface area contributed by atoms with Crippen LogP contribution in [0.5, 0.6) is 0 Å². The maximum Gasteiger partial charge on any atom is 0.160 e. The third kappa shape index (κ3) is 5.03. The molecule has 74 valence electrons. The van der Waals surface area contributed by atoms with Crippen molar-refractivity contribution in [2.75, 3.05) is 17.3 Å². The summed E-state index contributed by atoms with van der Waals surface area (Å²) in [5.74, 6) is 3.60. The lowest BCUT2D eigenvalue weighted by Crippen LogP contribution is -1.98. The lowest BCUT2D eigenvalue weighted by molar-refractivity contribution is 1.00. The van der Waals surface area contributed by atoms with Crippen LogP contribution in [0.3, 0.4) is 0 Å². The molecule has 0 unspecified atom stereocenters. The average molecular weight is 233 g/mol. The van der Waals surface area contributed by atoms with E-state index < -0.39 is 0 Å². The second-order valence-electron chi connectivity index (χ2n) is 2.95. The molecule has 0 saturated carbocycles. The molecule has 0 radical (unpaired) electrons. The standard InChI is InChI=1S/C9H15NS3/c1-2-5-12-6-3-4-8-7-13-9(11)10-8/h2-7H2,1H3. The van der Waals surface area contributed by atoms with Crippen LogP contribution in [-0.4, -0.2) is 27.3 Å². The van der Waals surface area contributed by atoms with Gasteiger partial charge in [0.25, 0.3) is 0 Å². The van der Waals surface area contributed by atoms with E-state index in [1.807, 2.05) is 11.8 Å². The van der Waals surface area contributed by atoms with Crippen LogP contribution in [0.15, 0.2) is 4.99 Å². The quantitative estimate of drug-likeness (QED) is 0.515. The predicted octanol–water partition coefficient (Wildman–Crippen LogP) is 3.38. The van der Waals surface area contributed by atoms with E-state index in [0.29, 0.717) is 0 Å². The zero-order chi connectivity index (χ0) is 9.52. The molecule has 0 aliphatic carbocycles. The van der Waals surface area contributed by atoms with Gasteiger partial charge in [-0.1, -0.05) is 30.9 Å². The molecule has 13 heavy (non-hydrogen) atoms. The lowest BCUT2D eigenvalue weighted by atomic mass is 10.2. The summed E-state index contributed by atoms with van der Waals surface area (Å²) in [5.41, 5.74) is 1.30. The molecule has 1 nitrogen and oxygen atoms in total. The molecular formula is C9H15NS3. The first kappa shape index (κ1) is 11.5. The van der Waals surface area contributed by atoms with E-state index in [-0.39, 0.29) is 0 Å². The van der Waals surface area contributed by atoms with E-state index in [1.54, 1.807) is 11.8 Å². The van der Waals surface area contributed by atoms with Crippen molar-refractivity contribution >= 4 is 45.8 Å². The maximum absolute atomic E-state index is 4.99. The normalized spacial score (nSPS) is 16.4. The smallest absolute Gasteiger partial charge is 0.160 e. The fraction of sp³-hybridized carbons (Fsp3) is 0.778. The van der Waals surface area contributed by atoms with Gasteiger partial charge in [0.15, 0.2) is 4.32 Å². The van der Waals surface area contributed by atoms with E-state index in [9.17, 15) is 0 Å². The fourth-order valence-electron chi connectivity index (χ4n) is 1.09. The topological polar surface area (TPSA) is 12.4 Å². The van der Waals surface area contributed by atoms with Gasteiger partial charge in [-0.15, -0.1) is 0 Å². The van der Waals surface area contributed by atoms with Crippen molar-refractivity contribution in [3.8, 4) is 0 Å². The van der Waals surface area contributed by atoms with Crippen molar-refractivity contribution in [1.82, 2.24) is 0 Å². The minimum atomic E-state index is 0.830. The Morgan fingerprint density at radius 1 is 1.54 bits per heavy atom. The highest BCUT2D eigenvalue weighted by Crippen LogP contribution is 2.17. The molecule has 0 saturated heterocycles. The van der Waals surface area contributed by atoms with Crippen molar-refractivity contribution in [2.45, 2.75) is 26.2 Å². The average Bonchev–Trinajstić information content (AvgIpc) is 2.51. The highest BCUT2D eigenvalue weighted by Gasteiger charge is 2.10. The maximum atomic E-state index is 4.99. The van der Waals surface area contributed by atoms with Crippen LogP contribution in [0, 0.1) is 0 Å². The molecule has 0 atom stereocenters. The third-order valence-corrected chi connectivity index (χ3v) is 4.25. The molecule has 0 spiro atoms. The van der Waals surface area contributed by atoms with Gasteiger partial charge in [0.1, 0.15) is 0 Å². The molecule has 0 aromatic heterocycles. The number of nitrogens with zero attached hydrogens (tertiary/aromatic N) is 1. The van der Waals surface area contributed by atoms with E-state index in [4.69, 9.17) is 12.2 Å². The molecule has 0 bridgehead atoms. The van der Waals surface area contributed by atoms with Crippen molar-refractivity contribution in [2.24, 2.45) is 4.99 Å². The van der Waals surface area contributed by atoms with E-state index in [0.717, 1.165) is 16.5 Å². The van der Waals surface area contributed by atoms with Crippen LogP contribution in [0.1, 0.15) is 26.2 Å². The minimum absolute atomic E-state index is 0.830. The van der Waals surface area contributed by atoms with Gasteiger partial charge in [0.2, 0.25) is 0 Å².